The highest BCUT2D eigenvalue weighted by Gasteiger charge is 2.26. The van der Waals surface area contributed by atoms with Gasteiger partial charge in [-0.3, -0.25) is 4.79 Å². The number of rotatable bonds is 2. The molecule has 1 aromatic heterocycles. The van der Waals surface area contributed by atoms with E-state index in [1.54, 1.807) is 0 Å². The zero-order valence-corrected chi connectivity index (χ0v) is 7.68. The van der Waals surface area contributed by atoms with Gasteiger partial charge in [-0.15, -0.1) is 10.2 Å². The van der Waals surface area contributed by atoms with Crippen molar-refractivity contribution in [2.45, 2.75) is 25.9 Å². The predicted molar refractivity (Wildman–Crippen MR) is 47.4 cm³/mol. The van der Waals surface area contributed by atoms with Crippen molar-refractivity contribution in [2.75, 3.05) is 0 Å². The van der Waals surface area contributed by atoms with Crippen molar-refractivity contribution in [2.24, 2.45) is 11.7 Å². The van der Waals surface area contributed by atoms with E-state index < -0.39 is 5.97 Å². The third-order valence-corrected chi connectivity index (χ3v) is 2.57. The number of carboxylic acids is 1. The van der Waals surface area contributed by atoms with Crippen LogP contribution in [0.5, 0.6) is 0 Å². The molecule has 0 spiro atoms. The predicted octanol–water partition coefficient (Wildman–Crippen LogP) is -0.616. The minimum Gasteiger partial charge on any atom is -0.481 e. The number of aliphatic carboxylic acids is 1. The maximum absolute atomic E-state index is 10.8. The van der Waals surface area contributed by atoms with Gasteiger partial charge in [-0.1, -0.05) is 0 Å². The van der Waals surface area contributed by atoms with Gasteiger partial charge in [0.2, 0.25) is 0 Å². The van der Waals surface area contributed by atoms with Crippen LogP contribution in [0.25, 0.3) is 0 Å². The Balaban J connectivity index is 2.24. The summed E-state index contributed by atoms with van der Waals surface area (Å²) in [5, 5.41) is 16.7. The van der Waals surface area contributed by atoms with E-state index in [0.717, 1.165) is 11.6 Å². The van der Waals surface area contributed by atoms with E-state index in [-0.39, 0.29) is 5.92 Å². The van der Waals surface area contributed by atoms with E-state index in [4.69, 9.17) is 10.8 Å². The monoisotopic (exact) mass is 196 g/mol. The van der Waals surface area contributed by atoms with Crippen molar-refractivity contribution in [3.63, 3.8) is 0 Å². The van der Waals surface area contributed by atoms with Crippen LogP contribution < -0.4 is 5.73 Å². The summed E-state index contributed by atoms with van der Waals surface area (Å²) in [4.78, 5) is 10.8. The molecule has 0 saturated carbocycles. The molecule has 1 unspecified atom stereocenters. The van der Waals surface area contributed by atoms with Crippen molar-refractivity contribution in [3.8, 4) is 0 Å². The molecule has 0 bridgehead atoms. The number of fused-ring (bicyclic) bond motifs is 1. The average Bonchev–Trinajstić information content (AvgIpc) is 2.59. The van der Waals surface area contributed by atoms with Gasteiger partial charge in [0.1, 0.15) is 11.6 Å². The van der Waals surface area contributed by atoms with Gasteiger partial charge >= 0.3 is 5.97 Å². The van der Waals surface area contributed by atoms with Crippen molar-refractivity contribution in [1.29, 1.82) is 0 Å². The zero-order chi connectivity index (χ0) is 10.1. The largest absolute Gasteiger partial charge is 0.481 e. The summed E-state index contributed by atoms with van der Waals surface area (Å²) in [6.45, 7) is 1.01. The second kappa shape index (κ2) is 3.38. The average molecular weight is 196 g/mol. The van der Waals surface area contributed by atoms with Crippen LogP contribution in [0.15, 0.2) is 0 Å². The molecule has 6 nitrogen and oxygen atoms in total. The Morgan fingerprint density at radius 3 is 3.07 bits per heavy atom. The summed E-state index contributed by atoms with van der Waals surface area (Å²) >= 11 is 0. The van der Waals surface area contributed by atoms with Gasteiger partial charge in [-0.2, -0.15) is 0 Å². The van der Waals surface area contributed by atoms with Gasteiger partial charge < -0.3 is 15.4 Å². The number of carboxylic acid groups (broad SMARTS) is 1. The first-order valence-corrected chi connectivity index (χ1v) is 4.56. The van der Waals surface area contributed by atoms with Crippen LogP contribution in [0.3, 0.4) is 0 Å². The van der Waals surface area contributed by atoms with Gasteiger partial charge in [0.15, 0.2) is 0 Å². The molecule has 0 aromatic carbocycles. The van der Waals surface area contributed by atoms with E-state index in [0.29, 0.717) is 25.9 Å². The second-order valence-electron chi connectivity index (χ2n) is 3.42. The molecule has 3 N–H and O–H groups in total. The number of carbonyl (C=O) groups is 1. The van der Waals surface area contributed by atoms with Gasteiger partial charge in [0.25, 0.3) is 0 Å². The molecule has 2 heterocycles. The van der Waals surface area contributed by atoms with E-state index in [2.05, 4.69) is 10.2 Å². The molecule has 14 heavy (non-hydrogen) atoms. The fraction of sp³-hybridized carbons (Fsp3) is 0.625. The molecule has 2 rings (SSSR count). The van der Waals surface area contributed by atoms with E-state index in [1.165, 1.54) is 0 Å². The molecule has 0 aliphatic carbocycles. The Bertz CT molecular complexity index is 360. The Kier molecular flexibility index (Phi) is 2.20. The number of nitrogens with two attached hydrogens (primary N) is 1. The minimum absolute atomic E-state index is 0.322. The summed E-state index contributed by atoms with van der Waals surface area (Å²) < 4.78 is 1.92. The highest BCUT2D eigenvalue weighted by molar-refractivity contribution is 5.70. The molecule has 1 atom stereocenters. The highest BCUT2D eigenvalue weighted by Crippen LogP contribution is 2.20. The lowest BCUT2D eigenvalue weighted by atomic mass is 9.98. The van der Waals surface area contributed by atoms with Crippen molar-refractivity contribution in [1.82, 2.24) is 14.8 Å². The standard InChI is InChI=1S/C8H12N4O2/c9-4-7-11-10-6-3-5(8(13)14)1-2-12(6)7/h5H,1-4,9H2,(H,13,14). The Morgan fingerprint density at radius 2 is 2.43 bits per heavy atom. The lowest BCUT2D eigenvalue weighted by Gasteiger charge is -2.19. The number of nitrogens with zero attached hydrogens (tertiary/aromatic N) is 3. The summed E-state index contributed by atoms with van der Waals surface area (Å²) in [7, 11) is 0. The normalized spacial score (nSPS) is 20.5. The first-order chi connectivity index (χ1) is 6.72. The molecular formula is C8H12N4O2. The topological polar surface area (TPSA) is 94.0 Å². The van der Waals surface area contributed by atoms with E-state index >= 15 is 0 Å². The molecular weight excluding hydrogens is 184 g/mol. The number of aromatic nitrogens is 3. The molecule has 76 valence electrons. The molecule has 0 saturated heterocycles. The summed E-state index contributed by atoms with van der Waals surface area (Å²) in [5.74, 6) is 0.402. The van der Waals surface area contributed by atoms with Crippen LogP contribution >= 0.6 is 0 Å². The molecule has 0 fully saturated rings. The SMILES string of the molecule is NCc1nnc2n1CCC(C(=O)O)C2. The van der Waals surface area contributed by atoms with Crippen LogP contribution in [0.1, 0.15) is 18.1 Å². The minimum atomic E-state index is -0.756. The smallest absolute Gasteiger partial charge is 0.307 e. The summed E-state index contributed by atoms with van der Waals surface area (Å²) in [6, 6.07) is 0. The molecule has 1 aliphatic heterocycles. The van der Waals surface area contributed by atoms with Crippen molar-refractivity contribution < 1.29 is 9.90 Å². The summed E-state index contributed by atoms with van der Waals surface area (Å²) in [5.41, 5.74) is 5.47. The van der Waals surface area contributed by atoms with Crippen LogP contribution in [-0.4, -0.2) is 25.8 Å². The first kappa shape index (κ1) is 9.14. The number of hydrogen-bond acceptors (Lipinski definition) is 4. The molecule has 0 amide bonds. The van der Waals surface area contributed by atoms with Crippen LogP contribution in [-0.2, 0) is 24.3 Å². The van der Waals surface area contributed by atoms with E-state index in [9.17, 15) is 4.79 Å². The van der Waals surface area contributed by atoms with Gasteiger partial charge in [-0.05, 0) is 6.42 Å². The highest BCUT2D eigenvalue weighted by atomic mass is 16.4. The Morgan fingerprint density at radius 1 is 1.64 bits per heavy atom. The quantitative estimate of drug-likeness (QED) is 0.657. The van der Waals surface area contributed by atoms with Gasteiger partial charge in [-0.25, -0.2) is 0 Å². The maximum Gasteiger partial charge on any atom is 0.307 e. The van der Waals surface area contributed by atoms with Crippen LogP contribution in [0.2, 0.25) is 0 Å². The van der Waals surface area contributed by atoms with Crippen molar-refractivity contribution >= 4 is 5.97 Å². The van der Waals surface area contributed by atoms with Gasteiger partial charge in [0.05, 0.1) is 12.5 Å². The molecule has 6 heteroatoms. The first-order valence-electron chi connectivity index (χ1n) is 4.56. The van der Waals surface area contributed by atoms with Crippen LogP contribution in [0, 0.1) is 5.92 Å². The fourth-order valence-electron chi connectivity index (χ4n) is 1.75. The van der Waals surface area contributed by atoms with E-state index in [1.807, 2.05) is 4.57 Å². The summed E-state index contributed by atoms with van der Waals surface area (Å²) in [6.07, 6.45) is 1.09. The Hall–Kier alpha value is -1.43. The maximum atomic E-state index is 10.8. The second-order valence-corrected chi connectivity index (χ2v) is 3.42. The number of hydrogen-bond donors (Lipinski definition) is 2. The molecule has 1 aromatic rings. The lowest BCUT2D eigenvalue weighted by molar-refractivity contribution is -0.142. The lowest BCUT2D eigenvalue weighted by Crippen LogP contribution is -2.26. The van der Waals surface area contributed by atoms with Crippen molar-refractivity contribution in [3.05, 3.63) is 11.6 Å². The fourth-order valence-corrected chi connectivity index (χ4v) is 1.75. The third-order valence-electron chi connectivity index (χ3n) is 2.57. The van der Waals surface area contributed by atoms with Crippen LogP contribution in [0.4, 0.5) is 0 Å². The zero-order valence-electron chi connectivity index (χ0n) is 7.68. The van der Waals surface area contributed by atoms with Gasteiger partial charge in [0, 0.05) is 13.0 Å². The molecule has 1 aliphatic rings. The third kappa shape index (κ3) is 1.37. The molecule has 0 radical (unpaired) electrons. The Labute approximate surface area is 80.7 Å².